The first kappa shape index (κ1) is 75.0. The van der Waals surface area contributed by atoms with Crippen LogP contribution < -0.4 is 15.3 Å². The summed E-state index contributed by atoms with van der Waals surface area (Å²) < 4.78 is 39.5. The van der Waals surface area contributed by atoms with Gasteiger partial charge in [-0.05, 0) is 143 Å². The zero-order chi connectivity index (χ0) is 71.0. The molecule has 3 aliphatic rings. The van der Waals surface area contributed by atoms with Gasteiger partial charge < -0.3 is 47.9 Å². The molecular weight excluding hydrogens is 1290 g/mol. The third-order valence-electron chi connectivity index (χ3n) is 17.8. The summed E-state index contributed by atoms with van der Waals surface area (Å²) in [5, 5.41) is 12.0. The van der Waals surface area contributed by atoms with Gasteiger partial charge in [-0.15, -0.1) is 0 Å². The van der Waals surface area contributed by atoms with E-state index < -0.39 is 27.3 Å². The molecule has 0 aliphatic carbocycles. The van der Waals surface area contributed by atoms with E-state index in [1.807, 2.05) is 123 Å². The van der Waals surface area contributed by atoms with Crippen molar-refractivity contribution >= 4 is 86.0 Å². The fraction of sp³-hybridized carbons (Fsp3) is 0.514. The summed E-state index contributed by atoms with van der Waals surface area (Å²) in [5.41, 5.74) is 7.51. The predicted molar refractivity (Wildman–Crippen MR) is 399 cm³/mol. The molecule has 20 nitrogen and oxygen atoms in total. The number of hydrogen-bond acceptors (Lipinski definition) is 16. The van der Waals surface area contributed by atoms with E-state index in [4.69, 9.17) is 49.9 Å². The average Bonchev–Trinajstić information content (AvgIpc) is 1.58. The van der Waals surface area contributed by atoms with Crippen LogP contribution in [0.5, 0.6) is 0 Å². The van der Waals surface area contributed by atoms with Crippen LogP contribution in [0.1, 0.15) is 91.8 Å². The third kappa shape index (κ3) is 20.7. The number of hydrogen-bond donors (Lipinski definition) is 0. The van der Waals surface area contributed by atoms with Crippen molar-refractivity contribution < 1.29 is 37.8 Å². The molecule has 0 spiro atoms. The zero-order valence-electron chi connectivity index (χ0n) is 61.2. The molecule has 0 unspecified atom stereocenters. The van der Waals surface area contributed by atoms with E-state index in [0.717, 1.165) is 99.7 Å². The highest BCUT2D eigenvalue weighted by atomic mass is 35.5. The van der Waals surface area contributed by atoms with Crippen molar-refractivity contribution in [2.24, 2.45) is 0 Å². The third-order valence-corrected chi connectivity index (χ3v) is 21.4. The van der Waals surface area contributed by atoms with Gasteiger partial charge in [-0.2, -0.15) is 10.2 Å². The van der Waals surface area contributed by atoms with Gasteiger partial charge >= 0.3 is 19.3 Å². The first-order valence-corrected chi connectivity index (χ1v) is 42.2. The van der Waals surface area contributed by atoms with E-state index in [9.17, 15) is 9.59 Å². The summed E-state index contributed by atoms with van der Waals surface area (Å²) in [4.78, 5) is 52.1. The number of amides is 2. The van der Waals surface area contributed by atoms with Gasteiger partial charge in [0.1, 0.15) is 41.5 Å². The summed E-state index contributed by atoms with van der Waals surface area (Å²) in [6.45, 7) is 44.1. The molecule has 98 heavy (non-hydrogen) atoms. The number of piperazine rings is 2. The molecule has 3 fully saturated rings. The molecule has 7 heterocycles. The van der Waals surface area contributed by atoms with Crippen molar-refractivity contribution in [1.82, 2.24) is 49.3 Å². The molecule has 11 rings (SSSR count). The molecule has 0 saturated carbocycles. The lowest BCUT2D eigenvalue weighted by Gasteiger charge is -2.42. The van der Waals surface area contributed by atoms with E-state index >= 15 is 0 Å². The Hall–Kier alpha value is -7.25. The van der Waals surface area contributed by atoms with E-state index in [2.05, 4.69) is 157 Å². The van der Waals surface area contributed by atoms with Gasteiger partial charge in [0.25, 0.3) is 0 Å². The Morgan fingerprint density at radius 1 is 0.582 bits per heavy atom. The Balaban J connectivity index is 0.000000181. The normalized spacial score (nSPS) is 17.4. The second-order valence-corrected chi connectivity index (χ2v) is 43.0. The number of halogens is 1. The summed E-state index contributed by atoms with van der Waals surface area (Å²) in [5.74, 6) is 1.53. The second kappa shape index (κ2) is 31.5. The van der Waals surface area contributed by atoms with Gasteiger partial charge in [-0.25, -0.2) is 28.9 Å². The van der Waals surface area contributed by atoms with Gasteiger partial charge in [0, 0.05) is 85.0 Å². The largest absolute Gasteiger partial charge is 0.494 e. The maximum Gasteiger partial charge on any atom is 0.494 e. The van der Waals surface area contributed by atoms with Crippen molar-refractivity contribution in [2.75, 3.05) is 62.3 Å². The summed E-state index contributed by atoms with van der Waals surface area (Å²) in [6.07, 6.45) is 7.76. The Bertz CT molecular complexity index is 3950. The molecule has 0 radical (unpaired) electrons. The van der Waals surface area contributed by atoms with Crippen molar-refractivity contribution in [3.8, 4) is 11.3 Å². The molecule has 8 aromatic rings. The van der Waals surface area contributed by atoms with Gasteiger partial charge in [0.05, 0.1) is 76.2 Å². The van der Waals surface area contributed by atoms with Crippen molar-refractivity contribution in [1.29, 1.82) is 0 Å². The first-order chi connectivity index (χ1) is 46.1. The molecule has 3 aliphatic heterocycles. The molecule has 2 amide bonds. The molecule has 3 saturated heterocycles. The highest BCUT2D eigenvalue weighted by molar-refractivity contribution is 6.76. The monoisotopic (exact) mass is 1390 g/mol. The molecule has 0 bridgehead atoms. The summed E-state index contributed by atoms with van der Waals surface area (Å²) in [6, 6.07) is 35.3. The van der Waals surface area contributed by atoms with Crippen LogP contribution >= 0.6 is 11.6 Å². The van der Waals surface area contributed by atoms with E-state index in [-0.39, 0.29) is 42.6 Å². The van der Waals surface area contributed by atoms with Gasteiger partial charge in [-0.1, -0.05) is 130 Å². The number of anilines is 2. The number of benzene rings is 4. The minimum Gasteiger partial charge on any atom is -0.444 e. The summed E-state index contributed by atoms with van der Waals surface area (Å²) in [7, 11) is -2.56. The Labute approximate surface area is 588 Å². The van der Waals surface area contributed by atoms with Crippen LogP contribution in [0, 0.1) is 13.8 Å². The Kier molecular flexibility index (Phi) is 24.1. The fourth-order valence-electron chi connectivity index (χ4n) is 11.7. The number of carbonyl (C=O) groups is 2. The fourth-order valence-corrected chi connectivity index (χ4v) is 13.4. The molecule has 24 heteroatoms. The number of aryl methyl sites for hydroxylation is 2. The standard InChI is InChI=1S/C34H46N6O3Si.C20H33BN2O3Si.C20H25ClN4O2/c1-25-29-20-27(13-14-31(29)40(37-25)24-42-17-18-44(5,6)7)30-21-35-22-32(36-30)38-15-16-39(33(41)43-34(2,3)4)28(23-38)19-26-11-9-8-10-12-26;1-15-17-13-16(21-25-19(2,3)20(4,5)26-21)9-10-18(17)23(22-15)14-24-11-12-27(6,7)8;1-20(2,3)27-19(26)25-10-9-24(18-13-22-12-17(21)23-18)14-16(25)11-15-7-5-4-6-8-15/h8-14,20-22,28H,15-19,23-24H2,1-7H3;9-10,13H,11-12,14H2,1-8H3;4-8,12-13,16H,9-11,14H2,1-3H3/t28-;;16-/m0.0/s1. The number of nitrogens with zero attached hydrogens (tertiary/aromatic N) is 12. The molecule has 2 atom stereocenters. The Morgan fingerprint density at radius 2 is 1.02 bits per heavy atom. The van der Waals surface area contributed by atoms with Crippen LogP contribution in [0.15, 0.2) is 122 Å². The van der Waals surface area contributed by atoms with Gasteiger partial charge in [0.2, 0.25) is 0 Å². The molecule has 4 aromatic heterocycles. The number of carbonyl (C=O) groups excluding carboxylic acids is 2. The first-order valence-electron chi connectivity index (χ1n) is 34.4. The number of fused-ring (bicyclic) bond motifs is 2. The van der Waals surface area contributed by atoms with E-state index in [1.165, 1.54) is 17.3 Å². The summed E-state index contributed by atoms with van der Waals surface area (Å²) >= 11 is 6.00. The lowest BCUT2D eigenvalue weighted by molar-refractivity contribution is 0.00578. The molecular formula is C74H104BClN12O8Si2. The maximum atomic E-state index is 13.2. The van der Waals surface area contributed by atoms with Gasteiger partial charge in [0.15, 0.2) is 0 Å². The van der Waals surface area contributed by atoms with Crippen molar-refractivity contribution in [3.05, 3.63) is 150 Å². The molecule has 0 N–H and O–H groups in total. The van der Waals surface area contributed by atoms with Crippen LogP contribution in [-0.2, 0) is 54.6 Å². The lowest BCUT2D eigenvalue weighted by atomic mass is 9.78. The van der Waals surface area contributed by atoms with E-state index in [0.29, 0.717) is 57.9 Å². The lowest BCUT2D eigenvalue weighted by Crippen LogP contribution is -2.57. The van der Waals surface area contributed by atoms with Crippen molar-refractivity contribution in [2.45, 2.75) is 195 Å². The number of aromatic nitrogens is 8. The maximum absolute atomic E-state index is 13.2. The van der Waals surface area contributed by atoms with Crippen molar-refractivity contribution in [3.63, 3.8) is 0 Å². The highest BCUT2D eigenvalue weighted by Gasteiger charge is 2.52. The van der Waals surface area contributed by atoms with Crippen LogP contribution in [0.4, 0.5) is 21.2 Å². The minimum atomic E-state index is -1.14. The van der Waals surface area contributed by atoms with E-state index in [1.54, 1.807) is 6.20 Å². The minimum absolute atomic E-state index is 0.0308. The quantitative estimate of drug-likeness (QED) is 0.0582. The average molecular weight is 1390 g/mol. The smallest absolute Gasteiger partial charge is 0.444 e. The second-order valence-electron chi connectivity index (χ2n) is 31.4. The zero-order valence-corrected chi connectivity index (χ0v) is 63.9. The van der Waals surface area contributed by atoms with Gasteiger partial charge in [-0.3, -0.25) is 9.97 Å². The van der Waals surface area contributed by atoms with Crippen LogP contribution in [0.3, 0.4) is 0 Å². The molecule has 4 aromatic carbocycles. The van der Waals surface area contributed by atoms with Crippen LogP contribution in [-0.4, -0.2) is 172 Å². The Morgan fingerprint density at radius 3 is 1.47 bits per heavy atom. The topological polar surface area (TPSA) is 190 Å². The van der Waals surface area contributed by atoms with Crippen LogP contribution in [0.25, 0.3) is 33.1 Å². The number of ether oxygens (including phenoxy) is 4. The molecule has 526 valence electrons. The number of rotatable bonds is 18. The van der Waals surface area contributed by atoms with Crippen LogP contribution in [0.2, 0.25) is 56.5 Å². The SMILES string of the molecule is CC(C)(C)OC(=O)N1CCN(c2cncc(Cl)n2)C[C@@H]1Cc1ccccc1.Cc1nn(COCC[Si](C)(C)C)c2ccc(-c3cncc(N4CCN(C(=O)OC(C)(C)C)[C@@H](Cc5ccccc5)C4)n3)cc12.Cc1nn(COCC[Si](C)(C)C)c2ccc(B3OC(C)(C)C(C)(C)O3)cc12. The highest BCUT2D eigenvalue weighted by Crippen LogP contribution is 2.37. The predicted octanol–water partition coefficient (Wildman–Crippen LogP) is 14.5.